The van der Waals surface area contributed by atoms with Crippen molar-refractivity contribution in [2.45, 2.75) is 55.6 Å². The van der Waals surface area contributed by atoms with Crippen molar-refractivity contribution in [3.05, 3.63) is 39.9 Å². The van der Waals surface area contributed by atoms with Crippen LogP contribution in [0.3, 0.4) is 0 Å². The van der Waals surface area contributed by atoms with Crippen molar-refractivity contribution in [2.24, 2.45) is 0 Å². The topological polar surface area (TPSA) is 32.9 Å². The van der Waals surface area contributed by atoms with Crippen LogP contribution in [0.15, 0.2) is 27.9 Å². The molecule has 0 saturated heterocycles. The predicted molar refractivity (Wildman–Crippen MR) is 86.6 cm³/mol. The first-order valence-corrected chi connectivity index (χ1v) is 8.58. The third-order valence-corrected chi connectivity index (χ3v) is 5.62. The quantitative estimate of drug-likeness (QED) is 0.891. The highest BCUT2D eigenvalue weighted by Crippen LogP contribution is 2.39. The van der Waals surface area contributed by atoms with Crippen LogP contribution in [0.4, 0.5) is 4.39 Å². The summed E-state index contributed by atoms with van der Waals surface area (Å²) in [6.07, 6.45) is 6.57. The number of H-pyrrole nitrogens is 1. The van der Waals surface area contributed by atoms with Gasteiger partial charge in [-0.05, 0) is 37.5 Å². The van der Waals surface area contributed by atoms with Crippen molar-refractivity contribution in [3.8, 4) is 0 Å². The molecule has 112 valence electrons. The maximum absolute atomic E-state index is 13.6. The van der Waals surface area contributed by atoms with Gasteiger partial charge < -0.3 is 4.98 Å². The van der Waals surface area contributed by atoms with Gasteiger partial charge in [0.25, 0.3) is 5.56 Å². The minimum atomic E-state index is -0.245. The van der Waals surface area contributed by atoms with E-state index in [9.17, 15) is 9.18 Å². The number of benzene rings is 1. The number of thioether (sulfide) groups is 1. The normalized spacial score (nSPS) is 15.9. The number of pyridine rings is 1. The number of halogens is 1. The smallest absolute Gasteiger partial charge is 0.252 e. The summed E-state index contributed by atoms with van der Waals surface area (Å²) in [6.45, 7) is 2.07. The van der Waals surface area contributed by atoms with Crippen molar-refractivity contribution in [3.63, 3.8) is 0 Å². The number of hydrogen-bond acceptors (Lipinski definition) is 2. The van der Waals surface area contributed by atoms with Crippen LogP contribution < -0.4 is 5.56 Å². The Labute approximate surface area is 128 Å². The monoisotopic (exact) mass is 305 g/mol. The molecule has 0 atom stereocenters. The van der Waals surface area contributed by atoms with Gasteiger partial charge in [0.2, 0.25) is 0 Å². The number of nitrogens with one attached hydrogen (secondary N) is 1. The fourth-order valence-electron chi connectivity index (χ4n) is 3.06. The number of fused-ring (bicyclic) bond motifs is 1. The fraction of sp³-hybridized carbons (Fsp3) is 0.471. The molecule has 1 heterocycles. The maximum Gasteiger partial charge on any atom is 0.252 e. The molecule has 21 heavy (non-hydrogen) atoms. The second-order valence-corrected chi connectivity index (χ2v) is 7.04. The summed E-state index contributed by atoms with van der Waals surface area (Å²) < 4.78 is 13.6. The second kappa shape index (κ2) is 6.22. The molecule has 0 radical (unpaired) electrons. The molecule has 0 aliphatic heterocycles. The van der Waals surface area contributed by atoms with Crippen LogP contribution in [-0.4, -0.2) is 10.2 Å². The van der Waals surface area contributed by atoms with Crippen LogP contribution in [-0.2, 0) is 6.42 Å². The van der Waals surface area contributed by atoms with Gasteiger partial charge in [-0.15, -0.1) is 11.8 Å². The number of aromatic nitrogens is 1. The van der Waals surface area contributed by atoms with E-state index in [1.54, 1.807) is 23.9 Å². The number of rotatable bonds is 4. The molecule has 1 aliphatic rings. The first-order chi connectivity index (χ1) is 10.2. The lowest BCUT2D eigenvalue weighted by Crippen LogP contribution is -2.15. The highest BCUT2D eigenvalue weighted by atomic mass is 32.2. The predicted octanol–water partition coefficient (Wildman–Crippen LogP) is 4.65. The summed E-state index contributed by atoms with van der Waals surface area (Å²) in [5, 5.41) is 1.42. The lowest BCUT2D eigenvalue weighted by atomic mass is 10.1. The van der Waals surface area contributed by atoms with Crippen LogP contribution in [0.25, 0.3) is 10.9 Å². The van der Waals surface area contributed by atoms with Crippen molar-refractivity contribution in [2.75, 3.05) is 0 Å². The zero-order chi connectivity index (χ0) is 14.8. The lowest BCUT2D eigenvalue weighted by molar-refractivity contribution is 0.629. The van der Waals surface area contributed by atoms with Crippen LogP contribution >= 0.6 is 11.8 Å². The summed E-state index contributed by atoms with van der Waals surface area (Å²) in [6, 6.07) is 4.63. The van der Waals surface area contributed by atoms with Gasteiger partial charge in [0.05, 0.1) is 0 Å². The fourth-order valence-corrected chi connectivity index (χ4v) is 4.60. The van der Waals surface area contributed by atoms with Gasteiger partial charge in [0.15, 0.2) is 0 Å². The molecule has 1 aromatic heterocycles. The summed E-state index contributed by atoms with van der Waals surface area (Å²) in [5.41, 5.74) is 1.55. The van der Waals surface area contributed by atoms with Crippen LogP contribution in [0.2, 0.25) is 0 Å². The lowest BCUT2D eigenvalue weighted by Gasteiger charge is -2.15. The molecule has 0 unspecified atom stereocenters. The first-order valence-electron chi connectivity index (χ1n) is 7.70. The third kappa shape index (κ3) is 3.00. The zero-order valence-electron chi connectivity index (χ0n) is 12.2. The average molecular weight is 305 g/mol. The molecule has 0 spiro atoms. The first kappa shape index (κ1) is 14.6. The van der Waals surface area contributed by atoms with Gasteiger partial charge in [-0.2, -0.15) is 0 Å². The molecule has 0 bridgehead atoms. The van der Waals surface area contributed by atoms with E-state index in [4.69, 9.17) is 0 Å². The summed E-state index contributed by atoms with van der Waals surface area (Å²) >= 11 is 1.78. The summed E-state index contributed by atoms with van der Waals surface area (Å²) in [7, 11) is 0. The molecular formula is C17H20FNOS. The third-order valence-electron chi connectivity index (χ3n) is 4.11. The van der Waals surface area contributed by atoms with E-state index < -0.39 is 0 Å². The molecule has 1 aliphatic carbocycles. The molecule has 1 saturated carbocycles. The van der Waals surface area contributed by atoms with Crippen molar-refractivity contribution < 1.29 is 4.39 Å². The number of hydrogen-bond donors (Lipinski definition) is 1. The Kier molecular flexibility index (Phi) is 4.34. The van der Waals surface area contributed by atoms with E-state index in [0.29, 0.717) is 5.25 Å². The van der Waals surface area contributed by atoms with E-state index in [2.05, 4.69) is 11.9 Å². The van der Waals surface area contributed by atoms with Crippen LogP contribution in [0, 0.1) is 5.82 Å². The Hall–Kier alpha value is -1.29. The number of aromatic amines is 1. The highest BCUT2D eigenvalue weighted by molar-refractivity contribution is 8.00. The van der Waals surface area contributed by atoms with E-state index >= 15 is 0 Å². The van der Waals surface area contributed by atoms with Gasteiger partial charge in [-0.25, -0.2) is 4.39 Å². The zero-order valence-corrected chi connectivity index (χ0v) is 13.1. The van der Waals surface area contributed by atoms with Gasteiger partial charge in [0, 0.05) is 26.6 Å². The standard InChI is InChI=1S/C17H20FNOS/c1-2-5-13-16(21-12-6-3-4-7-12)14-10-11(18)8-9-15(14)19-17(13)20/h8-10,12H,2-7H2,1H3,(H,19,20). The van der Waals surface area contributed by atoms with E-state index in [0.717, 1.165) is 34.2 Å². The molecule has 1 N–H and O–H groups in total. The maximum atomic E-state index is 13.6. The Balaban J connectivity index is 2.16. The van der Waals surface area contributed by atoms with Crippen LogP contribution in [0.1, 0.15) is 44.6 Å². The van der Waals surface area contributed by atoms with E-state index in [-0.39, 0.29) is 11.4 Å². The van der Waals surface area contributed by atoms with E-state index in [1.165, 1.54) is 31.7 Å². The van der Waals surface area contributed by atoms with Gasteiger partial charge in [-0.1, -0.05) is 26.2 Å². The van der Waals surface area contributed by atoms with Crippen molar-refractivity contribution >= 4 is 22.7 Å². The Morgan fingerprint density at radius 2 is 2.10 bits per heavy atom. The van der Waals surface area contributed by atoms with Gasteiger partial charge in [0.1, 0.15) is 5.82 Å². The minimum Gasteiger partial charge on any atom is -0.322 e. The van der Waals surface area contributed by atoms with E-state index in [1.807, 2.05) is 0 Å². The molecule has 1 aromatic carbocycles. The second-order valence-electron chi connectivity index (χ2n) is 5.73. The SMILES string of the molecule is CCCc1c(SC2CCCC2)c2cc(F)ccc2[nH]c1=O. The minimum absolute atomic E-state index is 0.0172. The molecule has 3 rings (SSSR count). The Morgan fingerprint density at radius 3 is 2.81 bits per heavy atom. The Morgan fingerprint density at radius 1 is 1.33 bits per heavy atom. The van der Waals surface area contributed by atoms with Crippen LogP contribution in [0.5, 0.6) is 0 Å². The summed E-state index contributed by atoms with van der Waals surface area (Å²) in [4.78, 5) is 16.2. The summed E-state index contributed by atoms with van der Waals surface area (Å²) in [5.74, 6) is -0.245. The largest absolute Gasteiger partial charge is 0.322 e. The van der Waals surface area contributed by atoms with Gasteiger partial charge in [-0.3, -0.25) is 4.79 Å². The molecule has 4 heteroatoms. The van der Waals surface area contributed by atoms with Gasteiger partial charge >= 0.3 is 0 Å². The highest BCUT2D eigenvalue weighted by Gasteiger charge is 2.21. The molecule has 1 fully saturated rings. The molecule has 2 nitrogen and oxygen atoms in total. The molecular weight excluding hydrogens is 285 g/mol. The molecule has 2 aromatic rings. The van der Waals surface area contributed by atoms with Crippen molar-refractivity contribution in [1.82, 2.24) is 4.98 Å². The molecule has 0 amide bonds. The Bertz CT molecular complexity index is 704. The average Bonchev–Trinajstić information content (AvgIpc) is 2.96. The van der Waals surface area contributed by atoms with Crippen molar-refractivity contribution in [1.29, 1.82) is 0 Å².